The van der Waals surface area contributed by atoms with E-state index in [1.54, 1.807) is 23.9 Å². The minimum Gasteiger partial charge on any atom is -0.478 e. The smallest absolute Gasteiger partial charge is 0.337 e. The Labute approximate surface area is 120 Å². The van der Waals surface area contributed by atoms with Crippen molar-refractivity contribution in [1.29, 1.82) is 0 Å². The molecule has 0 atom stereocenters. The summed E-state index contributed by atoms with van der Waals surface area (Å²) in [6, 6.07) is 7.05. The largest absolute Gasteiger partial charge is 0.478 e. The highest BCUT2D eigenvalue weighted by atomic mass is 35.5. The molecule has 1 aromatic carbocycles. The number of rotatable bonds is 4. The topological polar surface area (TPSA) is 55.1 Å². The molecule has 0 spiro atoms. The summed E-state index contributed by atoms with van der Waals surface area (Å²) < 4.78 is 1.83. The van der Waals surface area contributed by atoms with E-state index in [0.29, 0.717) is 0 Å². The Bertz CT molecular complexity index is 625. The van der Waals surface area contributed by atoms with Crippen LogP contribution >= 0.6 is 23.4 Å². The van der Waals surface area contributed by atoms with Gasteiger partial charge in [-0.2, -0.15) is 5.10 Å². The summed E-state index contributed by atoms with van der Waals surface area (Å²) in [5.41, 5.74) is 2.20. The van der Waals surface area contributed by atoms with Crippen molar-refractivity contribution in [3.05, 3.63) is 46.2 Å². The number of aromatic nitrogens is 2. The van der Waals surface area contributed by atoms with E-state index in [1.165, 1.54) is 0 Å². The Morgan fingerprint density at radius 1 is 1.47 bits per heavy atom. The standard InChI is InChI=1S/C13H13ClN2O2S/c1-8-5-9(16(2)15-8)7-19-10-3-4-12(14)11(6-10)13(17)18/h3-6H,7H2,1-2H3,(H,17,18). The van der Waals surface area contributed by atoms with Gasteiger partial charge < -0.3 is 5.11 Å². The first kappa shape index (κ1) is 14.0. The van der Waals surface area contributed by atoms with Gasteiger partial charge in [0.25, 0.3) is 0 Å². The number of hydrogen-bond donors (Lipinski definition) is 1. The van der Waals surface area contributed by atoms with Gasteiger partial charge in [0.1, 0.15) is 0 Å². The quantitative estimate of drug-likeness (QED) is 0.879. The maximum Gasteiger partial charge on any atom is 0.337 e. The summed E-state index contributed by atoms with van der Waals surface area (Å²) in [6.45, 7) is 1.94. The molecule has 100 valence electrons. The first-order valence-electron chi connectivity index (χ1n) is 5.62. The molecular weight excluding hydrogens is 284 g/mol. The molecule has 2 rings (SSSR count). The van der Waals surface area contributed by atoms with Crippen LogP contribution in [0.4, 0.5) is 0 Å². The second kappa shape index (κ2) is 5.67. The number of thioether (sulfide) groups is 1. The third-order valence-corrected chi connectivity index (χ3v) is 4.01. The zero-order valence-electron chi connectivity index (χ0n) is 10.6. The van der Waals surface area contributed by atoms with Crippen molar-refractivity contribution in [3.63, 3.8) is 0 Å². The van der Waals surface area contributed by atoms with E-state index in [2.05, 4.69) is 5.10 Å². The first-order chi connectivity index (χ1) is 8.97. The predicted molar refractivity (Wildman–Crippen MR) is 75.9 cm³/mol. The second-order valence-electron chi connectivity index (χ2n) is 4.14. The second-order valence-corrected chi connectivity index (χ2v) is 5.59. The van der Waals surface area contributed by atoms with Crippen LogP contribution < -0.4 is 0 Å². The molecule has 0 aliphatic rings. The fourth-order valence-corrected chi connectivity index (χ4v) is 2.86. The number of carbonyl (C=O) groups is 1. The minimum absolute atomic E-state index is 0.132. The van der Waals surface area contributed by atoms with Crippen molar-refractivity contribution in [2.45, 2.75) is 17.6 Å². The van der Waals surface area contributed by atoms with Gasteiger partial charge in [0, 0.05) is 23.4 Å². The zero-order valence-corrected chi connectivity index (χ0v) is 12.1. The molecule has 0 aliphatic heterocycles. The Kier molecular flexibility index (Phi) is 4.17. The van der Waals surface area contributed by atoms with Gasteiger partial charge >= 0.3 is 5.97 Å². The Balaban J connectivity index is 2.14. The average Bonchev–Trinajstić information content (AvgIpc) is 2.66. The molecule has 4 nitrogen and oxygen atoms in total. The van der Waals surface area contributed by atoms with E-state index in [9.17, 15) is 4.79 Å². The van der Waals surface area contributed by atoms with Crippen LogP contribution in [-0.4, -0.2) is 20.9 Å². The lowest BCUT2D eigenvalue weighted by atomic mass is 10.2. The van der Waals surface area contributed by atoms with E-state index in [4.69, 9.17) is 16.7 Å². The number of hydrogen-bond acceptors (Lipinski definition) is 3. The van der Waals surface area contributed by atoms with Gasteiger partial charge in [-0.15, -0.1) is 11.8 Å². The van der Waals surface area contributed by atoms with E-state index >= 15 is 0 Å². The molecule has 19 heavy (non-hydrogen) atoms. The average molecular weight is 297 g/mol. The van der Waals surface area contributed by atoms with Crippen molar-refractivity contribution < 1.29 is 9.90 Å². The number of carboxylic acid groups (broad SMARTS) is 1. The van der Waals surface area contributed by atoms with Crippen molar-refractivity contribution >= 4 is 29.3 Å². The fourth-order valence-electron chi connectivity index (χ4n) is 1.71. The summed E-state index contributed by atoms with van der Waals surface area (Å²) in [4.78, 5) is 11.9. The van der Waals surface area contributed by atoms with Crippen LogP contribution in [0.3, 0.4) is 0 Å². The summed E-state index contributed by atoms with van der Waals surface area (Å²) >= 11 is 7.39. The fraction of sp³-hybridized carbons (Fsp3) is 0.231. The number of benzene rings is 1. The molecule has 0 unspecified atom stereocenters. The molecule has 0 saturated carbocycles. The minimum atomic E-state index is -1.01. The molecule has 1 N–H and O–H groups in total. The summed E-state index contributed by atoms with van der Waals surface area (Å²) in [5, 5.41) is 13.5. The normalized spacial score (nSPS) is 10.7. The highest BCUT2D eigenvalue weighted by molar-refractivity contribution is 7.98. The molecule has 0 aliphatic carbocycles. The zero-order chi connectivity index (χ0) is 14.0. The molecule has 6 heteroatoms. The van der Waals surface area contributed by atoms with Gasteiger partial charge in [-0.05, 0) is 31.2 Å². The summed E-state index contributed by atoms with van der Waals surface area (Å²) in [5.74, 6) is -0.276. The molecule has 2 aromatic rings. The molecule has 0 fully saturated rings. The van der Waals surface area contributed by atoms with E-state index in [0.717, 1.165) is 22.0 Å². The molecule has 1 heterocycles. The number of aryl methyl sites for hydroxylation is 2. The highest BCUT2D eigenvalue weighted by Crippen LogP contribution is 2.27. The SMILES string of the molecule is Cc1cc(CSc2ccc(Cl)c(C(=O)O)c2)n(C)n1. The highest BCUT2D eigenvalue weighted by Gasteiger charge is 2.10. The van der Waals surface area contributed by atoms with E-state index in [1.807, 2.05) is 30.8 Å². The Morgan fingerprint density at radius 3 is 2.79 bits per heavy atom. The number of halogens is 1. The maximum atomic E-state index is 11.0. The van der Waals surface area contributed by atoms with Crippen LogP contribution in [0.5, 0.6) is 0 Å². The van der Waals surface area contributed by atoms with Crippen LogP contribution in [0.1, 0.15) is 21.7 Å². The molecule has 0 radical (unpaired) electrons. The molecule has 0 amide bonds. The van der Waals surface area contributed by atoms with Crippen LogP contribution in [0.25, 0.3) is 0 Å². The van der Waals surface area contributed by atoms with Crippen molar-refractivity contribution in [2.24, 2.45) is 7.05 Å². The van der Waals surface area contributed by atoms with Crippen LogP contribution in [-0.2, 0) is 12.8 Å². The molecule has 0 bridgehead atoms. The lowest BCUT2D eigenvalue weighted by molar-refractivity contribution is 0.0697. The maximum absolute atomic E-state index is 11.0. The lowest BCUT2D eigenvalue weighted by Gasteiger charge is -2.05. The summed E-state index contributed by atoms with van der Waals surface area (Å²) in [7, 11) is 1.90. The molecule has 1 aromatic heterocycles. The number of nitrogens with zero attached hydrogens (tertiary/aromatic N) is 2. The first-order valence-corrected chi connectivity index (χ1v) is 6.99. The van der Waals surface area contributed by atoms with Crippen LogP contribution in [0.2, 0.25) is 5.02 Å². The lowest BCUT2D eigenvalue weighted by Crippen LogP contribution is -1.98. The number of aromatic carboxylic acids is 1. The third kappa shape index (κ3) is 3.30. The van der Waals surface area contributed by atoms with Crippen molar-refractivity contribution in [3.8, 4) is 0 Å². The van der Waals surface area contributed by atoms with Gasteiger partial charge in [-0.25, -0.2) is 4.79 Å². The van der Waals surface area contributed by atoms with Crippen LogP contribution in [0, 0.1) is 6.92 Å². The van der Waals surface area contributed by atoms with E-state index in [-0.39, 0.29) is 10.6 Å². The van der Waals surface area contributed by atoms with Crippen molar-refractivity contribution in [2.75, 3.05) is 0 Å². The van der Waals surface area contributed by atoms with Gasteiger partial charge in [-0.3, -0.25) is 4.68 Å². The summed E-state index contributed by atoms with van der Waals surface area (Å²) in [6.07, 6.45) is 0. The molecular formula is C13H13ClN2O2S. The van der Waals surface area contributed by atoms with Gasteiger partial charge in [-0.1, -0.05) is 11.6 Å². The van der Waals surface area contributed by atoms with Gasteiger partial charge in [0.15, 0.2) is 0 Å². The monoisotopic (exact) mass is 296 g/mol. The van der Waals surface area contributed by atoms with E-state index < -0.39 is 5.97 Å². The van der Waals surface area contributed by atoms with Crippen LogP contribution in [0.15, 0.2) is 29.2 Å². The predicted octanol–water partition coefficient (Wildman–Crippen LogP) is 3.37. The van der Waals surface area contributed by atoms with Gasteiger partial charge in [0.2, 0.25) is 0 Å². The van der Waals surface area contributed by atoms with Gasteiger partial charge in [0.05, 0.1) is 16.3 Å². The third-order valence-electron chi connectivity index (χ3n) is 2.65. The Morgan fingerprint density at radius 2 is 2.21 bits per heavy atom. The van der Waals surface area contributed by atoms with Crippen molar-refractivity contribution in [1.82, 2.24) is 9.78 Å². The number of carboxylic acids is 1. The Hall–Kier alpha value is -1.46. The molecule has 0 saturated heterocycles.